The van der Waals surface area contributed by atoms with E-state index in [2.05, 4.69) is 22.3 Å². The molecule has 86 valence electrons. The number of carbonyl (C=O) groups is 1. The second kappa shape index (κ2) is 5.21. The number of aromatic nitrogens is 2. The summed E-state index contributed by atoms with van der Waals surface area (Å²) in [4.78, 5) is 10.6. The predicted octanol–water partition coefficient (Wildman–Crippen LogP) is 1.96. The molecule has 1 aromatic heterocycles. The number of carboxylic acids is 1. The first-order valence-electron chi connectivity index (χ1n) is 5.35. The van der Waals surface area contributed by atoms with Crippen molar-refractivity contribution in [1.29, 1.82) is 0 Å². The summed E-state index contributed by atoms with van der Waals surface area (Å²) in [6.45, 7) is 0. The molecule has 1 aromatic carbocycles. The molecule has 0 fully saturated rings. The third-order valence-corrected chi connectivity index (χ3v) is 2.45. The molecule has 1 N–H and O–H groups in total. The largest absolute Gasteiger partial charge is 0.476 e. The lowest BCUT2D eigenvalue weighted by atomic mass is 10.1. The lowest BCUT2D eigenvalue weighted by molar-refractivity contribution is 0.0689. The van der Waals surface area contributed by atoms with Crippen LogP contribution in [0.4, 0.5) is 0 Å². The van der Waals surface area contributed by atoms with Crippen LogP contribution < -0.4 is 0 Å². The van der Waals surface area contributed by atoms with E-state index in [9.17, 15) is 4.79 Å². The van der Waals surface area contributed by atoms with E-state index in [0.29, 0.717) is 0 Å². The summed E-state index contributed by atoms with van der Waals surface area (Å²) in [5, 5.41) is 16.2. The maximum atomic E-state index is 10.6. The maximum absolute atomic E-state index is 10.6. The highest BCUT2D eigenvalue weighted by Crippen LogP contribution is 2.05. The van der Waals surface area contributed by atoms with Crippen molar-refractivity contribution in [3.05, 3.63) is 59.4 Å². The van der Waals surface area contributed by atoms with E-state index in [1.807, 2.05) is 18.2 Å². The Bertz CT molecular complexity index is 495. The monoisotopic (exact) mass is 228 g/mol. The third kappa shape index (κ3) is 3.11. The van der Waals surface area contributed by atoms with Crippen LogP contribution in [-0.4, -0.2) is 21.3 Å². The molecule has 0 saturated carbocycles. The van der Waals surface area contributed by atoms with Gasteiger partial charge in [0.25, 0.3) is 0 Å². The van der Waals surface area contributed by atoms with Gasteiger partial charge in [-0.25, -0.2) is 4.79 Å². The fourth-order valence-corrected chi connectivity index (χ4v) is 1.52. The molecule has 0 aliphatic carbocycles. The summed E-state index contributed by atoms with van der Waals surface area (Å²) in [7, 11) is 0. The zero-order valence-electron chi connectivity index (χ0n) is 9.21. The normalized spacial score (nSPS) is 10.1. The Morgan fingerprint density at radius 1 is 1.00 bits per heavy atom. The molecule has 0 aliphatic rings. The Morgan fingerprint density at radius 2 is 1.76 bits per heavy atom. The van der Waals surface area contributed by atoms with Crippen molar-refractivity contribution in [2.45, 2.75) is 12.8 Å². The Balaban J connectivity index is 1.98. The molecule has 4 nitrogen and oxygen atoms in total. The molecule has 0 radical (unpaired) electrons. The number of aromatic carboxylic acids is 1. The standard InChI is InChI=1S/C13H12N2O2/c16-13(17)12-9-8-11(14-15-12)7-6-10-4-2-1-3-5-10/h1-5,8-9H,6-7H2,(H,16,17). The number of rotatable bonds is 4. The first-order chi connectivity index (χ1) is 8.25. The molecule has 0 aliphatic heterocycles. The zero-order chi connectivity index (χ0) is 12.1. The maximum Gasteiger partial charge on any atom is 0.356 e. The molecule has 0 bridgehead atoms. The van der Waals surface area contributed by atoms with Gasteiger partial charge in [0, 0.05) is 0 Å². The van der Waals surface area contributed by atoms with E-state index in [1.54, 1.807) is 6.07 Å². The van der Waals surface area contributed by atoms with E-state index in [0.717, 1.165) is 18.5 Å². The Hall–Kier alpha value is -2.23. The minimum absolute atomic E-state index is 0.0199. The summed E-state index contributed by atoms with van der Waals surface area (Å²) in [5.74, 6) is -1.05. The van der Waals surface area contributed by atoms with Crippen molar-refractivity contribution in [2.24, 2.45) is 0 Å². The zero-order valence-corrected chi connectivity index (χ0v) is 9.21. The minimum Gasteiger partial charge on any atom is -0.476 e. The first kappa shape index (κ1) is 11.3. The molecule has 0 unspecified atom stereocenters. The van der Waals surface area contributed by atoms with Gasteiger partial charge >= 0.3 is 5.97 Å². The summed E-state index contributed by atoms with van der Waals surface area (Å²) >= 11 is 0. The van der Waals surface area contributed by atoms with Crippen molar-refractivity contribution in [3.8, 4) is 0 Å². The molecule has 17 heavy (non-hydrogen) atoms. The average Bonchev–Trinajstić information content (AvgIpc) is 2.38. The highest BCUT2D eigenvalue weighted by molar-refractivity contribution is 5.84. The van der Waals surface area contributed by atoms with E-state index >= 15 is 0 Å². The lowest BCUT2D eigenvalue weighted by Crippen LogP contribution is -2.04. The number of benzene rings is 1. The highest BCUT2D eigenvalue weighted by atomic mass is 16.4. The first-order valence-corrected chi connectivity index (χ1v) is 5.35. The van der Waals surface area contributed by atoms with Crippen molar-refractivity contribution in [2.75, 3.05) is 0 Å². The summed E-state index contributed by atoms with van der Waals surface area (Å²) in [5.41, 5.74) is 2.02. The van der Waals surface area contributed by atoms with Crippen molar-refractivity contribution in [1.82, 2.24) is 10.2 Å². The van der Waals surface area contributed by atoms with Crippen LogP contribution in [0.25, 0.3) is 0 Å². The molecule has 0 saturated heterocycles. The van der Waals surface area contributed by atoms with Gasteiger partial charge in [-0.1, -0.05) is 30.3 Å². The molecular formula is C13H12N2O2. The van der Waals surface area contributed by atoms with Gasteiger partial charge in [-0.05, 0) is 30.5 Å². The molecule has 2 aromatic rings. The van der Waals surface area contributed by atoms with Gasteiger partial charge in [0.15, 0.2) is 5.69 Å². The van der Waals surface area contributed by atoms with E-state index in [-0.39, 0.29) is 5.69 Å². The van der Waals surface area contributed by atoms with Crippen LogP contribution in [0.15, 0.2) is 42.5 Å². The Morgan fingerprint density at radius 3 is 2.35 bits per heavy atom. The molecule has 4 heteroatoms. The molecule has 0 atom stereocenters. The Labute approximate surface area is 98.9 Å². The van der Waals surface area contributed by atoms with Gasteiger partial charge in [-0.2, -0.15) is 5.10 Å². The van der Waals surface area contributed by atoms with Gasteiger partial charge in [-0.15, -0.1) is 5.10 Å². The lowest BCUT2D eigenvalue weighted by Gasteiger charge is -2.00. The SMILES string of the molecule is O=C(O)c1ccc(CCc2ccccc2)nn1. The molecule has 2 rings (SSSR count). The van der Waals surface area contributed by atoms with E-state index in [4.69, 9.17) is 5.11 Å². The molecule has 0 spiro atoms. The minimum atomic E-state index is -1.05. The highest BCUT2D eigenvalue weighted by Gasteiger charge is 2.04. The fraction of sp³-hybridized carbons (Fsp3) is 0.154. The fourth-order valence-electron chi connectivity index (χ4n) is 1.52. The van der Waals surface area contributed by atoms with Crippen LogP contribution in [0, 0.1) is 0 Å². The summed E-state index contributed by atoms with van der Waals surface area (Å²) in [6, 6.07) is 13.3. The number of aryl methyl sites for hydroxylation is 2. The number of carboxylic acid groups (broad SMARTS) is 1. The molecular weight excluding hydrogens is 216 g/mol. The van der Waals surface area contributed by atoms with Crippen LogP contribution in [-0.2, 0) is 12.8 Å². The second-order valence-electron chi connectivity index (χ2n) is 3.70. The smallest absolute Gasteiger partial charge is 0.356 e. The third-order valence-electron chi connectivity index (χ3n) is 2.45. The predicted molar refractivity (Wildman–Crippen MR) is 62.8 cm³/mol. The Kier molecular flexibility index (Phi) is 3.45. The van der Waals surface area contributed by atoms with Crippen LogP contribution in [0.1, 0.15) is 21.7 Å². The van der Waals surface area contributed by atoms with Crippen molar-refractivity contribution in [3.63, 3.8) is 0 Å². The van der Waals surface area contributed by atoms with Gasteiger partial charge in [0.05, 0.1) is 5.69 Å². The van der Waals surface area contributed by atoms with E-state index < -0.39 is 5.97 Å². The summed E-state index contributed by atoms with van der Waals surface area (Å²) < 4.78 is 0. The molecule has 0 amide bonds. The van der Waals surface area contributed by atoms with Crippen LogP contribution in [0.3, 0.4) is 0 Å². The van der Waals surface area contributed by atoms with Gasteiger partial charge < -0.3 is 5.11 Å². The van der Waals surface area contributed by atoms with Crippen LogP contribution in [0.5, 0.6) is 0 Å². The van der Waals surface area contributed by atoms with Crippen molar-refractivity contribution >= 4 is 5.97 Å². The molecule has 1 heterocycles. The average molecular weight is 228 g/mol. The van der Waals surface area contributed by atoms with Crippen LogP contribution in [0.2, 0.25) is 0 Å². The van der Waals surface area contributed by atoms with Gasteiger partial charge in [-0.3, -0.25) is 0 Å². The second-order valence-corrected chi connectivity index (χ2v) is 3.70. The van der Waals surface area contributed by atoms with E-state index in [1.165, 1.54) is 11.6 Å². The van der Waals surface area contributed by atoms with Gasteiger partial charge in [0.2, 0.25) is 0 Å². The van der Waals surface area contributed by atoms with Crippen LogP contribution >= 0.6 is 0 Å². The summed E-state index contributed by atoms with van der Waals surface area (Å²) in [6.07, 6.45) is 1.64. The number of hydrogen-bond donors (Lipinski definition) is 1. The van der Waals surface area contributed by atoms with Gasteiger partial charge in [0.1, 0.15) is 0 Å². The number of nitrogens with zero attached hydrogens (tertiary/aromatic N) is 2. The van der Waals surface area contributed by atoms with Crippen molar-refractivity contribution < 1.29 is 9.90 Å². The topological polar surface area (TPSA) is 63.1 Å². The quantitative estimate of drug-likeness (QED) is 0.868. The number of hydrogen-bond acceptors (Lipinski definition) is 3.